The van der Waals surface area contributed by atoms with Crippen LogP contribution in [-0.4, -0.2) is 15.0 Å². The lowest BCUT2D eigenvalue weighted by Crippen LogP contribution is -2.37. The van der Waals surface area contributed by atoms with Crippen LogP contribution in [0.4, 0.5) is 0 Å². The highest BCUT2D eigenvalue weighted by Gasteiger charge is 2.16. The fourth-order valence-corrected chi connectivity index (χ4v) is 1.62. The zero-order valence-corrected chi connectivity index (χ0v) is 9.59. The van der Waals surface area contributed by atoms with Gasteiger partial charge in [-0.1, -0.05) is 0 Å². The van der Waals surface area contributed by atoms with Crippen LogP contribution in [0.15, 0.2) is 24.9 Å². The molecule has 0 saturated heterocycles. The lowest BCUT2D eigenvalue weighted by atomic mass is 10.2. The van der Waals surface area contributed by atoms with Crippen LogP contribution in [0.2, 0.25) is 0 Å². The van der Waals surface area contributed by atoms with Crippen molar-refractivity contribution in [3.8, 4) is 0 Å². The summed E-state index contributed by atoms with van der Waals surface area (Å²) in [6.45, 7) is 0. The van der Waals surface area contributed by atoms with Crippen molar-refractivity contribution in [1.82, 2.24) is 9.13 Å². The van der Waals surface area contributed by atoms with Gasteiger partial charge >= 0.3 is 11.3 Å². The first-order valence-corrected chi connectivity index (χ1v) is 4.88. The second-order valence-corrected chi connectivity index (χ2v) is 3.74. The summed E-state index contributed by atoms with van der Waals surface area (Å²) in [4.78, 5) is 45.9. The minimum absolute atomic E-state index is 0.0620. The molecule has 0 unspecified atom stereocenters. The molecule has 2 N–H and O–H groups in total. The van der Waals surface area contributed by atoms with E-state index in [9.17, 15) is 19.2 Å². The van der Waals surface area contributed by atoms with E-state index in [1.807, 2.05) is 0 Å². The highest BCUT2D eigenvalue weighted by molar-refractivity contribution is 5.94. The molecule has 0 aliphatic carbocycles. The summed E-state index contributed by atoms with van der Waals surface area (Å²) in [6, 6.07) is 1.03. The van der Waals surface area contributed by atoms with Crippen LogP contribution in [0, 0.1) is 0 Å². The lowest BCUT2D eigenvalue weighted by molar-refractivity contribution is 0.0997. The molecule has 2 rings (SSSR count). The molecule has 0 spiro atoms. The number of amides is 1. The van der Waals surface area contributed by atoms with Crippen LogP contribution in [0.25, 0.3) is 11.1 Å². The second kappa shape index (κ2) is 3.69. The van der Waals surface area contributed by atoms with Gasteiger partial charge in [-0.05, 0) is 6.07 Å². The number of nitrogens with zero attached hydrogens (tertiary/aromatic N) is 2. The van der Waals surface area contributed by atoms with Gasteiger partial charge in [-0.2, -0.15) is 0 Å². The zero-order valence-electron chi connectivity index (χ0n) is 9.59. The van der Waals surface area contributed by atoms with Crippen molar-refractivity contribution < 1.29 is 9.21 Å². The molecule has 8 nitrogen and oxygen atoms in total. The highest BCUT2D eigenvalue weighted by Crippen LogP contribution is 2.05. The molecule has 8 heteroatoms. The van der Waals surface area contributed by atoms with E-state index >= 15 is 0 Å². The first-order valence-electron chi connectivity index (χ1n) is 4.88. The van der Waals surface area contributed by atoms with Crippen LogP contribution in [0.1, 0.15) is 10.4 Å². The number of aromatic nitrogens is 2. The van der Waals surface area contributed by atoms with E-state index in [1.54, 1.807) is 0 Å². The SMILES string of the molecule is Cn1c(=O)c2cc(C(N)=O)c(=O)oc2n(C)c1=O. The van der Waals surface area contributed by atoms with Gasteiger partial charge in [0, 0.05) is 14.1 Å². The zero-order chi connectivity index (χ0) is 13.6. The first kappa shape index (κ1) is 11.8. The second-order valence-electron chi connectivity index (χ2n) is 3.74. The van der Waals surface area contributed by atoms with E-state index in [-0.39, 0.29) is 11.1 Å². The Bertz CT molecular complexity index is 839. The smallest absolute Gasteiger partial charge is 0.350 e. The molecule has 0 radical (unpaired) electrons. The number of nitrogens with two attached hydrogens (primary N) is 1. The maximum atomic E-state index is 11.8. The topological polar surface area (TPSA) is 117 Å². The monoisotopic (exact) mass is 251 g/mol. The van der Waals surface area contributed by atoms with E-state index < -0.39 is 28.3 Å². The standard InChI is InChI=1S/C10H9N3O5/c1-12-7(15)5-3-4(6(11)14)9(16)18-8(5)13(2)10(12)17/h3H,1-2H3,(H2,11,14). The van der Waals surface area contributed by atoms with Gasteiger partial charge in [0.25, 0.3) is 11.5 Å². The van der Waals surface area contributed by atoms with Gasteiger partial charge in [0.15, 0.2) is 0 Å². The van der Waals surface area contributed by atoms with E-state index in [0.717, 1.165) is 15.2 Å². The van der Waals surface area contributed by atoms with Gasteiger partial charge in [-0.3, -0.25) is 18.7 Å². The number of carbonyl (C=O) groups excluding carboxylic acids is 1. The van der Waals surface area contributed by atoms with Crippen molar-refractivity contribution in [2.24, 2.45) is 19.8 Å². The quantitative estimate of drug-likeness (QED) is 0.647. The van der Waals surface area contributed by atoms with E-state index in [1.165, 1.54) is 14.1 Å². The van der Waals surface area contributed by atoms with Crippen molar-refractivity contribution in [3.63, 3.8) is 0 Å². The molecule has 0 saturated carbocycles. The fraction of sp³-hybridized carbons (Fsp3) is 0.200. The molecule has 2 aromatic rings. The number of hydrogen-bond acceptors (Lipinski definition) is 5. The summed E-state index contributed by atoms with van der Waals surface area (Å²) in [5.41, 5.74) is 2.07. The molecule has 0 aliphatic rings. The first-order chi connectivity index (χ1) is 8.34. The van der Waals surface area contributed by atoms with E-state index in [4.69, 9.17) is 10.2 Å². The van der Waals surface area contributed by atoms with Gasteiger partial charge in [0.05, 0.1) is 0 Å². The predicted octanol–water partition coefficient (Wildman–Crippen LogP) is -1.71. The average molecular weight is 251 g/mol. The third-order valence-corrected chi connectivity index (χ3v) is 2.61. The maximum Gasteiger partial charge on any atom is 0.350 e. The van der Waals surface area contributed by atoms with Gasteiger partial charge in [-0.25, -0.2) is 9.59 Å². The van der Waals surface area contributed by atoms with Crippen LogP contribution >= 0.6 is 0 Å². The van der Waals surface area contributed by atoms with E-state index in [2.05, 4.69) is 0 Å². The average Bonchev–Trinajstić information content (AvgIpc) is 2.33. The van der Waals surface area contributed by atoms with Crippen molar-refractivity contribution in [3.05, 3.63) is 42.9 Å². The van der Waals surface area contributed by atoms with Crippen LogP contribution < -0.4 is 22.6 Å². The Morgan fingerprint density at radius 3 is 2.39 bits per heavy atom. The number of aryl methyl sites for hydroxylation is 1. The van der Waals surface area contributed by atoms with Crippen molar-refractivity contribution in [1.29, 1.82) is 0 Å². The van der Waals surface area contributed by atoms with E-state index in [0.29, 0.717) is 0 Å². The van der Waals surface area contributed by atoms with Gasteiger partial charge in [0.2, 0.25) is 5.71 Å². The summed E-state index contributed by atoms with van der Waals surface area (Å²) in [6.07, 6.45) is 0. The molecule has 0 atom stereocenters. The summed E-state index contributed by atoms with van der Waals surface area (Å²) >= 11 is 0. The lowest BCUT2D eigenvalue weighted by Gasteiger charge is -2.05. The van der Waals surface area contributed by atoms with Crippen LogP contribution in [-0.2, 0) is 14.1 Å². The normalized spacial score (nSPS) is 10.8. The number of rotatable bonds is 1. The minimum atomic E-state index is -0.999. The number of primary amides is 1. The third-order valence-electron chi connectivity index (χ3n) is 2.61. The molecule has 18 heavy (non-hydrogen) atoms. The summed E-state index contributed by atoms with van der Waals surface area (Å²) in [7, 11) is 2.62. The Kier molecular flexibility index (Phi) is 2.43. The van der Waals surface area contributed by atoms with Gasteiger partial charge in [0.1, 0.15) is 10.9 Å². The maximum absolute atomic E-state index is 11.8. The van der Waals surface area contributed by atoms with Crippen molar-refractivity contribution in [2.45, 2.75) is 0 Å². The molecule has 2 aromatic heterocycles. The number of carbonyl (C=O) groups is 1. The molecule has 0 bridgehead atoms. The Labute approximate surface area is 98.9 Å². The molecular formula is C10H9N3O5. The molecule has 0 fully saturated rings. The minimum Gasteiger partial charge on any atom is -0.405 e. The highest BCUT2D eigenvalue weighted by atomic mass is 16.4. The summed E-state index contributed by atoms with van der Waals surface area (Å²) in [5, 5.41) is -0.0620. The van der Waals surface area contributed by atoms with Crippen LogP contribution in [0.3, 0.4) is 0 Å². The number of fused-ring (bicyclic) bond motifs is 1. The number of hydrogen-bond donors (Lipinski definition) is 1. The molecule has 2 heterocycles. The van der Waals surface area contributed by atoms with Gasteiger partial charge < -0.3 is 10.2 Å². The van der Waals surface area contributed by atoms with Crippen molar-refractivity contribution >= 4 is 17.0 Å². The largest absolute Gasteiger partial charge is 0.405 e. The fourth-order valence-electron chi connectivity index (χ4n) is 1.62. The molecule has 94 valence electrons. The predicted molar refractivity (Wildman–Crippen MR) is 61.5 cm³/mol. The van der Waals surface area contributed by atoms with Crippen molar-refractivity contribution in [2.75, 3.05) is 0 Å². The molecule has 0 aliphatic heterocycles. The van der Waals surface area contributed by atoms with Gasteiger partial charge in [-0.15, -0.1) is 0 Å². The summed E-state index contributed by atoms with van der Waals surface area (Å²) < 4.78 is 6.64. The molecular weight excluding hydrogens is 242 g/mol. The summed E-state index contributed by atoms with van der Waals surface area (Å²) in [5.74, 6) is -0.999. The Morgan fingerprint density at radius 2 is 1.83 bits per heavy atom. The molecule has 1 amide bonds. The Hall–Kier alpha value is -2.64. The third kappa shape index (κ3) is 1.46. The van der Waals surface area contributed by atoms with Crippen LogP contribution in [0.5, 0.6) is 0 Å². The Morgan fingerprint density at radius 1 is 1.22 bits per heavy atom. The molecule has 0 aromatic carbocycles. The Balaban J connectivity index is 3.14.